The van der Waals surface area contributed by atoms with Crippen LogP contribution in [-0.4, -0.2) is 42.0 Å². The SMILES string of the molecule is CCn1c(=O)oc2cc(S(=O)(=O)N(C)CC(C)C(=O)O)ccc21. The lowest BCUT2D eigenvalue weighted by Crippen LogP contribution is -2.33. The second-order valence-corrected chi connectivity index (χ2v) is 7.31. The third kappa shape index (κ3) is 3.15. The number of oxazole rings is 1. The van der Waals surface area contributed by atoms with E-state index in [2.05, 4.69) is 0 Å². The summed E-state index contributed by atoms with van der Waals surface area (Å²) in [6, 6.07) is 4.16. The summed E-state index contributed by atoms with van der Waals surface area (Å²) in [6.07, 6.45) is 0. The minimum absolute atomic E-state index is 0.0536. The molecule has 8 nitrogen and oxygen atoms in total. The molecule has 1 aromatic heterocycles. The monoisotopic (exact) mass is 342 g/mol. The van der Waals surface area contributed by atoms with Gasteiger partial charge < -0.3 is 9.52 Å². The average molecular weight is 342 g/mol. The zero-order valence-electron chi connectivity index (χ0n) is 13.0. The van der Waals surface area contributed by atoms with E-state index in [1.165, 1.54) is 36.7 Å². The van der Waals surface area contributed by atoms with Crippen LogP contribution in [0.1, 0.15) is 13.8 Å². The van der Waals surface area contributed by atoms with Crippen LogP contribution in [0.15, 0.2) is 32.3 Å². The fraction of sp³-hybridized carbons (Fsp3) is 0.429. The number of hydrogen-bond donors (Lipinski definition) is 1. The Morgan fingerprint density at radius 1 is 1.43 bits per heavy atom. The van der Waals surface area contributed by atoms with E-state index in [0.717, 1.165) is 4.31 Å². The van der Waals surface area contributed by atoms with Crippen molar-refractivity contribution in [1.82, 2.24) is 8.87 Å². The van der Waals surface area contributed by atoms with Gasteiger partial charge in [-0.2, -0.15) is 0 Å². The van der Waals surface area contributed by atoms with Crippen LogP contribution in [0.3, 0.4) is 0 Å². The van der Waals surface area contributed by atoms with Gasteiger partial charge in [0, 0.05) is 26.2 Å². The topological polar surface area (TPSA) is 110 Å². The Bertz CT molecular complexity index is 896. The Morgan fingerprint density at radius 3 is 2.65 bits per heavy atom. The van der Waals surface area contributed by atoms with Crippen LogP contribution >= 0.6 is 0 Å². The number of aliphatic carboxylic acids is 1. The maximum absolute atomic E-state index is 12.5. The van der Waals surface area contributed by atoms with Gasteiger partial charge in [-0.1, -0.05) is 6.92 Å². The van der Waals surface area contributed by atoms with Gasteiger partial charge in [0.2, 0.25) is 10.0 Å². The molecule has 0 amide bonds. The molecule has 1 heterocycles. The van der Waals surface area contributed by atoms with Gasteiger partial charge in [-0.15, -0.1) is 0 Å². The quantitative estimate of drug-likeness (QED) is 0.837. The minimum Gasteiger partial charge on any atom is -0.481 e. The predicted octanol–water partition coefficient (Wildman–Crippen LogP) is 0.956. The molecule has 0 radical (unpaired) electrons. The Kier molecular flexibility index (Phi) is 4.62. The van der Waals surface area contributed by atoms with E-state index in [1.807, 2.05) is 0 Å². The Hall–Kier alpha value is -2.13. The summed E-state index contributed by atoms with van der Waals surface area (Å²) in [6.45, 7) is 3.46. The van der Waals surface area contributed by atoms with Gasteiger partial charge in [-0.05, 0) is 19.1 Å². The van der Waals surface area contributed by atoms with E-state index in [1.54, 1.807) is 6.92 Å². The zero-order chi connectivity index (χ0) is 17.4. The highest BCUT2D eigenvalue weighted by molar-refractivity contribution is 7.89. The van der Waals surface area contributed by atoms with Gasteiger partial charge in [0.25, 0.3) is 0 Å². The van der Waals surface area contributed by atoms with Crippen molar-refractivity contribution in [2.45, 2.75) is 25.3 Å². The summed E-state index contributed by atoms with van der Waals surface area (Å²) in [4.78, 5) is 22.5. The van der Waals surface area contributed by atoms with Crippen molar-refractivity contribution < 1.29 is 22.7 Å². The Balaban J connectivity index is 2.42. The van der Waals surface area contributed by atoms with Gasteiger partial charge >= 0.3 is 11.7 Å². The summed E-state index contributed by atoms with van der Waals surface area (Å²) in [7, 11) is -2.56. The number of carbonyl (C=O) groups is 1. The molecule has 126 valence electrons. The molecule has 1 atom stereocenters. The van der Waals surface area contributed by atoms with Crippen LogP contribution in [0.25, 0.3) is 11.1 Å². The van der Waals surface area contributed by atoms with Gasteiger partial charge in [-0.25, -0.2) is 17.5 Å². The zero-order valence-corrected chi connectivity index (χ0v) is 13.8. The molecule has 0 saturated heterocycles. The summed E-state index contributed by atoms with van der Waals surface area (Å²) >= 11 is 0. The molecule has 2 aromatic rings. The number of benzene rings is 1. The Labute approximate surface area is 133 Å². The summed E-state index contributed by atoms with van der Waals surface area (Å²) in [5.41, 5.74) is 0.690. The number of aromatic nitrogens is 1. The van der Waals surface area contributed by atoms with Crippen LogP contribution < -0.4 is 5.76 Å². The number of hydrogen-bond acceptors (Lipinski definition) is 5. The number of carboxylic acids is 1. The molecule has 2 rings (SSSR count). The number of nitrogens with zero attached hydrogens (tertiary/aromatic N) is 2. The molecule has 1 aromatic carbocycles. The van der Waals surface area contributed by atoms with E-state index in [4.69, 9.17) is 9.52 Å². The first-order chi connectivity index (χ1) is 10.7. The Morgan fingerprint density at radius 2 is 2.09 bits per heavy atom. The lowest BCUT2D eigenvalue weighted by Gasteiger charge is -2.19. The summed E-state index contributed by atoms with van der Waals surface area (Å²) < 4.78 is 32.4. The molecule has 1 N–H and O–H groups in total. The summed E-state index contributed by atoms with van der Waals surface area (Å²) in [5.74, 6) is -2.46. The highest BCUT2D eigenvalue weighted by Gasteiger charge is 2.25. The third-order valence-corrected chi connectivity index (χ3v) is 5.44. The number of sulfonamides is 1. The van der Waals surface area contributed by atoms with Crippen LogP contribution in [0, 0.1) is 5.92 Å². The number of fused-ring (bicyclic) bond motifs is 1. The van der Waals surface area contributed by atoms with Crippen LogP contribution in [0.5, 0.6) is 0 Å². The lowest BCUT2D eigenvalue weighted by molar-refractivity contribution is -0.141. The molecule has 9 heteroatoms. The molecular formula is C14H18N2O6S. The maximum Gasteiger partial charge on any atom is 0.419 e. The molecule has 23 heavy (non-hydrogen) atoms. The van der Waals surface area contributed by atoms with Crippen LogP contribution in [0.2, 0.25) is 0 Å². The predicted molar refractivity (Wildman–Crippen MR) is 82.8 cm³/mol. The van der Waals surface area contributed by atoms with E-state index < -0.39 is 27.7 Å². The van der Waals surface area contributed by atoms with Crippen molar-refractivity contribution in [2.24, 2.45) is 5.92 Å². The number of carboxylic acid groups (broad SMARTS) is 1. The van der Waals surface area contributed by atoms with Crippen LogP contribution in [0.4, 0.5) is 0 Å². The van der Waals surface area contributed by atoms with E-state index in [9.17, 15) is 18.0 Å². The van der Waals surface area contributed by atoms with Crippen molar-refractivity contribution >= 4 is 27.1 Å². The molecule has 0 aliphatic heterocycles. The second kappa shape index (κ2) is 6.17. The van der Waals surface area contributed by atoms with Gasteiger partial charge in [0.1, 0.15) is 0 Å². The first kappa shape index (κ1) is 17.2. The van der Waals surface area contributed by atoms with Crippen molar-refractivity contribution in [1.29, 1.82) is 0 Å². The highest BCUT2D eigenvalue weighted by atomic mass is 32.2. The molecule has 0 aliphatic rings. The van der Waals surface area contributed by atoms with Crippen molar-refractivity contribution in [2.75, 3.05) is 13.6 Å². The normalized spacial score (nSPS) is 13.6. The molecule has 0 saturated carbocycles. The first-order valence-corrected chi connectivity index (χ1v) is 8.45. The molecule has 0 spiro atoms. The average Bonchev–Trinajstić information content (AvgIpc) is 2.80. The first-order valence-electron chi connectivity index (χ1n) is 7.01. The third-order valence-electron chi connectivity index (χ3n) is 3.62. The van der Waals surface area contributed by atoms with E-state index >= 15 is 0 Å². The van der Waals surface area contributed by atoms with Crippen molar-refractivity contribution in [3.05, 3.63) is 28.7 Å². The lowest BCUT2D eigenvalue weighted by atomic mass is 10.2. The maximum atomic E-state index is 12.5. The van der Waals surface area contributed by atoms with Gasteiger partial charge in [-0.3, -0.25) is 9.36 Å². The largest absolute Gasteiger partial charge is 0.481 e. The molecular weight excluding hydrogens is 324 g/mol. The van der Waals surface area contributed by atoms with Crippen molar-refractivity contribution in [3.8, 4) is 0 Å². The summed E-state index contributed by atoms with van der Waals surface area (Å²) in [5, 5.41) is 8.89. The van der Waals surface area contributed by atoms with Gasteiger partial charge in [0.05, 0.1) is 16.3 Å². The van der Waals surface area contributed by atoms with Crippen LogP contribution in [-0.2, 0) is 21.4 Å². The second-order valence-electron chi connectivity index (χ2n) is 5.27. The van der Waals surface area contributed by atoms with E-state index in [0.29, 0.717) is 12.1 Å². The molecule has 0 fully saturated rings. The van der Waals surface area contributed by atoms with Crippen molar-refractivity contribution in [3.63, 3.8) is 0 Å². The van der Waals surface area contributed by atoms with Gasteiger partial charge in [0.15, 0.2) is 5.58 Å². The minimum atomic E-state index is -3.87. The smallest absolute Gasteiger partial charge is 0.419 e. The molecule has 0 aliphatic carbocycles. The molecule has 0 bridgehead atoms. The fourth-order valence-corrected chi connectivity index (χ4v) is 3.52. The molecule has 1 unspecified atom stereocenters. The standard InChI is InChI=1S/C14H18N2O6S/c1-4-16-11-6-5-10(7-12(11)22-14(16)19)23(20,21)15(3)8-9(2)13(17)18/h5-7,9H,4,8H2,1-3H3,(H,17,18). The number of rotatable bonds is 6. The van der Waals surface area contributed by atoms with E-state index in [-0.39, 0.29) is 17.0 Å². The highest BCUT2D eigenvalue weighted by Crippen LogP contribution is 2.21. The number of aryl methyl sites for hydroxylation is 1. The fourth-order valence-electron chi connectivity index (χ4n) is 2.25.